The van der Waals surface area contributed by atoms with Gasteiger partial charge in [0.2, 0.25) is 0 Å². The van der Waals surface area contributed by atoms with Crippen LogP contribution in [0.4, 0.5) is 5.82 Å². The van der Waals surface area contributed by atoms with E-state index in [9.17, 15) is 5.11 Å². The normalized spacial score (nSPS) is 23.1. The minimum atomic E-state index is -0.966. The summed E-state index contributed by atoms with van der Waals surface area (Å²) in [4.78, 5) is 6.58. The van der Waals surface area contributed by atoms with Crippen LogP contribution >= 0.6 is 15.9 Å². The molecule has 0 bridgehead atoms. The van der Waals surface area contributed by atoms with Crippen molar-refractivity contribution in [2.45, 2.75) is 25.4 Å². The standard InChI is InChI=1S/C13H16BrN5O/c1-9-5-10(14)6-15-12(9)19-4-2-3-13(20,8-19)11-7-16-18-17-11/h5-7,20H,2-4,8H2,1H3,(H,16,17,18). The van der Waals surface area contributed by atoms with Gasteiger partial charge in [-0.3, -0.25) is 0 Å². The Hall–Kier alpha value is -1.47. The third-order valence-electron chi connectivity index (χ3n) is 3.68. The van der Waals surface area contributed by atoms with Gasteiger partial charge in [-0.05, 0) is 47.3 Å². The number of halogens is 1. The van der Waals surface area contributed by atoms with Gasteiger partial charge in [-0.2, -0.15) is 15.4 Å². The molecule has 0 amide bonds. The lowest BCUT2D eigenvalue weighted by Crippen LogP contribution is -2.47. The second-order valence-corrected chi connectivity index (χ2v) is 6.12. The number of hydrogen-bond acceptors (Lipinski definition) is 5. The first-order chi connectivity index (χ1) is 9.58. The van der Waals surface area contributed by atoms with E-state index >= 15 is 0 Å². The molecule has 1 unspecified atom stereocenters. The number of anilines is 1. The number of nitrogens with zero attached hydrogens (tertiary/aromatic N) is 4. The van der Waals surface area contributed by atoms with E-state index < -0.39 is 5.60 Å². The van der Waals surface area contributed by atoms with E-state index in [0.717, 1.165) is 28.8 Å². The smallest absolute Gasteiger partial charge is 0.131 e. The number of β-amino-alcohol motifs (C(OH)–C–C–N with tert-alkyl or cyclic N) is 1. The summed E-state index contributed by atoms with van der Waals surface area (Å²) in [7, 11) is 0. The largest absolute Gasteiger partial charge is 0.382 e. The lowest BCUT2D eigenvalue weighted by molar-refractivity contribution is 0.0174. The predicted octanol–water partition coefficient (Wildman–Crippen LogP) is 1.76. The van der Waals surface area contributed by atoms with E-state index in [-0.39, 0.29) is 0 Å². The number of nitrogens with one attached hydrogen (secondary N) is 1. The molecule has 2 aromatic rings. The third kappa shape index (κ3) is 2.43. The van der Waals surface area contributed by atoms with Crippen LogP contribution in [0.15, 0.2) is 22.9 Å². The molecule has 2 N–H and O–H groups in total. The summed E-state index contributed by atoms with van der Waals surface area (Å²) in [5.74, 6) is 0.912. The Labute approximate surface area is 125 Å². The van der Waals surface area contributed by atoms with Crippen molar-refractivity contribution in [3.8, 4) is 0 Å². The maximum absolute atomic E-state index is 10.8. The number of pyridine rings is 1. The number of aryl methyl sites for hydroxylation is 1. The molecule has 1 fully saturated rings. The fourth-order valence-electron chi connectivity index (χ4n) is 2.72. The zero-order valence-corrected chi connectivity index (χ0v) is 12.8. The molecule has 0 radical (unpaired) electrons. The number of hydrogen-bond donors (Lipinski definition) is 2. The minimum absolute atomic E-state index is 0.481. The van der Waals surface area contributed by atoms with Gasteiger partial charge >= 0.3 is 0 Å². The molecule has 1 atom stereocenters. The van der Waals surface area contributed by atoms with E-state index in [1.807, 2.05) is 13.0 Å². The van der Waals surface area contributed by atoms with Crippen LogP contribution in [0.3, 0.4) is 0 Å². The first-order valence-corrected chi connectivity index (χ1v) is 7.33. The third-order valence-corrected chi connectivity index (χ3v) is 4.11. The second kappa shape index (κ2) is 5.14. The number of aliphatic hydroxyl groups is 1. The Morgan fingerprint density at radius 3 is 3.00 bits per heavy atom. The van der Waals surface area contributed by atoms with Crippen LogP contribution in [0, 0.1) is 6.92 Å². The lowest BCUT2D eigenvalue weighted by Gasteiger charge is -2.39. The summed E-state index contributed by atoms with van der Waals surface area (Å²) in [6.45, 7) is 3.39. The van der Waals surface area contributed by atoms with Crippen molar-refractivity contribution >= 4 is 21.7 Å². The maximum atomic E-state index is 10.8. The van der Waals surface area contributed by atoms with E-state index in [1.54, 1.807) is 12.4 Å². The van der Waals surface area contributed by atoms with Crippen molar-refractivity contribution in [3.05, 3.63) is 34.2 Å². The van der Waals surface area contributed by atoms with Gasteiger partial charge in [-0.25, -0.2) is 4.98 Å². The fraction of sp³-hybridized carbons (Fsp3) is 0.462. The average molecular weight is 338 g/mol. The second-order valence-electron chi connectivity index (χ2n) is 5.21. The predicted molar refractivity (Wildman–Crippen MR) is 78.4 cm³/mol. The Bertz CT molecular complexity index is 603. The quantitative estimate of drug-likeness (QED) is 0.872. The molecule has 106 valence electrons. The molecule has 7 heteroatoms. The minimum Gasteiger partial charge on any atom is -0.382 e. The number of H-pyrrole nitrogens is 1. The van der Waals surface area contributed by atoms with Crippen molar-refractivity contribution < 1.29 is 5.11 Å². The fourth-order valence-corrected chi connectivity index (χ4v) is 3.16. The monoisotopic (exact) mass is 337 g/mol. The van der Waals surface area contributed by atoms with Gasteiger partial charge < -0.3 is 10.0 Å². The van der Waals surface area contributed by atoms with Gasteiger partial charge in [0.05, 0.1) is 12.7 Å². The molecular weight excluding hydrogens is 322 g/mol. The SMILES string of the molecule is Cc1cc(Br)cnc1N1CCCC(O)(c2cn[nH]n2)C1. The highest BCUT2D eigenvalue weighted by Gasteiger charge is 2.37. The summed E-state index contributed by atoms with van der Waals surface area (Å²) in [5.41, 5.74) is 0.715. The van der Waals surface area contributed by atoms with Gasteiger partial charge in [-0.15, -0.1) is 0 Å². The molecule has 3 rings (SSSR count). The van der Waals surface area contributed by atoms with Crippen LogP contribution in [0.2, 0.25) is 0 Å². The van der Waals surface area contributed by atoms with Crippen LogP contribution in [0.25, 0.3) is 0 Å². The van der Waals surface area contributed by atoms with Crippen molar-refractivity contribution in [1.82, 2.24) is 20.4 Å². The topological polar surface area (TPSA) is 77.9 Å². The highest BCUT2D eigenvalue weighted by Crippen LogP contribution is 2.33. The number of piperidine rings is 1. The van der Waals surface area contributed by atoms with Crippen LogP contribution < -0.4 is 4.90 Å². The first kappa shape index (κ1) is 13.5. The van der Waals surface area contributed by atoms with Crippen molar-refractivity contribution in [3.63, 3.8) is 0 Å². The van der Waals surface area contributed by atoms with Crippen molar-refractivity contribution in [1.29, 1.82) is 0 Å². The Balaban J connectivity index is 1.88. The summed E-state index contributed by atoms with van der Waals surface area (Å²) in [6, 6.07) is 2.03. The van der Waals surface area contributed by atoms with E-state index in [1.165, 1.54) is 0 Å². The van der Waals surface area contributed by atoms with Crippen molar-refractivity contribution in [2.24, 2.45) is 0 Å². The number of rotatable bonds is 2. The lowest BCUT2D eigenvalue weighted by atomic mass is 9.90. The van der Waals surface area contributed by atoms with E-state index in [0.29, 0.717) is 18.7 Å². The molecule has 0 spiro atoms. The van der Waals surface area contributed by atoms with Crippen LogP contribution in [-0.4, -0.2) is 38.6 Å². The zero-order chi connectivity index (χ0) is 14.2. The maximum Gasteiger partial charge on any atom is 0.131 e. The molecule has 6 nitrogen and oxygen atoms in total. The van der Waals surface area contributed by atoms with Gasteiger partial charge in [0.25, 0.3) is 0 Å². The molecule has 1 saturated heterocycles. The molecule has 1 aliphatic heterocycles. The van der Waals surface area contributed by atoms with Gasteiger partial charge in [0.1, 0.15) is 17.1 Å². The van der Waals surface area contributed by atoms with E-state index in [4.69, 9.17) is 0 Å². The van der Waals surface area contributed by atoms with Crippen LogP contribution in [-0.2, 0) is 5.60 Å². The molecule has 0 saturated carbocycles. The summed E-state index contributed by atoms with van der Waals surface area (Å²) >= 11 is 3.42. The van der Waals surface area contributed by atoms with E-state index in [2.05, 4.69) is 41.2 Å². The summed E-state index contributed by atoms with van der Waals surface area (Å²) < 4.78 is 0.961. The molecular formula is C13H16BrN5O. The molecule has 2 aromatic heterocycles. The highest BCUT2D eigenvalue weighted by atomic mass is 79.9. The molecule has 0 aromatic carbocycles. The van der Waals surface area contributed by atoms with Crippen molar-refractivity contribution in [2.75, 3.05) is 18.0 Å². The molecule has 20 heavy (non-hydrogen) atoms. The number of aromatic nitrogens is 4. The Morgan fingerprint density at radius 1 is 1.45 bits per heavy atom. The van der Waals surface area contributed by atoms with Gasteiger partial charge in [0, 0.05) is 17.2 Å². The van der Waals surface area contributed by atoms with Crippen LogP contribution in [0.1, 0.15) is 24.1 Å². The molecule has 1 aliphatic rings. The Morgan fingerprint density at radius 2 is 2.30 bits per heavy atom. The first-order valence-electron chi connectivity index (χ1n) is 6.54. The summed E-state index contributed by atoms with van der Waals surface area (Å²) in [5, 5.41) is 21.2. The molecule has 3 heterocycles. The highest BCUT2D eigenvalue weighted by molar-refractivity contribution is 9.10. The van der Waals surface area contributed by atoms with Gasteiger partial charge in [-0.1, -0.05) is 0 Å². The summed E-state index contributed by atoms with van der Waals surface area (Å²) in [6.07, 6.45) is 4.95. The average Bonchev–Trinajstić information content (AvgIpc) is 2.93. The Kier molecular flexibility index (Phi) is 3.47. The molecule has 0 aliphatic carbocycles. The van der Waals surface area contributed by atoms with Crippen LogP contribution in [0.5, 0.6) is 0 Å². The zero-order valence-electron chi connectivity index (χ0n) is 11.2. The van der Waals surface area contributed by atoms with Gasteiger partial charge in [0.15, 0.2) is 0 Å². The number of aromatic amines is 1.